The van der Waals surface area contributed by atoms with E-state index in [2.05, 4.69) is 15.2 Å². The highest BCUT2D eigenvalue weighted by molar-refractivity contribution is 14.0. The lowest BCUT2D eigenvalue weighted by molar-refractivity contribution is -0.137. The fraction of sp³-hybridized carbons (Fsp3) is 0.588. The van der Waals surface area contributed by atoms with Crippen molar-refractivity contribution >= 4 is 29.9 Å². The average Bonchev–Trinajstić information content (AvgIpc) is 2.55. The minimum absolute atomic E-state index is 0. The van der Waals surface area contributed by atoms with Crippen molar-refractivity contribution in [3.8, 4) is 0 Å². The maximum absolute atomic E-state index is 12.8. The third-order valence-corrected chi connectivity index (χ3v) is 3.98. The highest BCUT2D eigenvalue weighted by atomic mass is 127. The molecule has 5 nitrogen and oxygen atoms in total. The molecule has 3 N–H and O–H groups in total. The lowest BCUT2D eigenvalue weighted by Gasteiger charge is -2.34. The highest BCUT2D eigenvalue weighted by Crippen LogP contribution is 2.31. The van der Waals surface area contributed by atoms with E-state index >= 15 is 0 Å². The Balaban J connectivity index is 0.00000338. The van der Waals surface area contributed by atoms with Crippen LogP contribution in [0.1, 0.15) is 31.0 Å². The summed E-state index contributed by atoms with van der Waals surface area (Å²) in [6.45, 7) is 6.89. The highest BCUT2D eigenvalue weighted by Gasteiger charge is 2.31. The number of benzene rings is 1. The molecule has 26 heavy (non-hydrogen) atoms. The van der Waals surface area contributed by atoms with Gasteiger partial charge in [0.1, 0.15) is 0 Å². The van der Waals surface area contributed by atoms with Crippen LogP contribution in [0.3, 0.4) is 0 Å². The number of ether oxygens (including phenoxy) is 1. The monoisotopic (exact) mass is 486 g/mol. The molecule has 1 saturated heterocycles. The molecule has 0 amide bonds. The first-order valence-electron chi connectivity index (χ1n) is 8.33. The molecular formula is C17H26F3IN4O. The lowest BCUT2D eigenvalue weighted by Crippen LogP contribution is -2.41. The van der Waals surface area contributed by atoms with Gasteiger partial charge in [-0.25, -0.2) is 0 Å². The van der Waals surface area contributed by atoms with Gasteiger partial charge in [0, 0.05) is 19.1 Å². The van der Waals surface area contributed by atoms with Crippen LogP contribution in [-0.2, 0) is 10.9 Å². The summed E-state index contributed by atoms with van der Waals surface area (Å²) >= 11 is 0. The average molecular weight is 486 g/mol. The van der Waals surface area contributed by atoms with Crippen LogP contribution in [-0.4, -0.2) is 49.7 Å². The zero-order valence-electron chi connectivity index (χ0n) is 14.9. The minimum Gasteiger partial charge on any atom is -0.379 e. The second kappa shape index (κ2) is 10.3. The third-order valence-electron chi connectivity index (χ3n) is 3.98. The third kappa shape index (κ3) is 6.92. The van der Waals surface area contributed by atoms with E-state index in [9.17, 15) is 13.2 Å². The molecule has 0 aromatic heterocycles. The standard InChI is InChI=1S/C17H25F3N4O.HI/c1-12(2)23-16(21)22-11-15(24-7-9-25-10-8-24)13-3-5-14(6-4-13)17(18,19)20;/h3-6,12,15H,7-11H2,1-2H3,(H3,21,22,23);1H. The Morgan fingerprint density at radius 1 is 1.23 bits per heavy atom. The van der Waals surface area contributed by atoms with Crippen LogP contribution in [0.15, 0.2) is 29.3 Å². The van der Waals surface area contributed by atoms with Gasteiger partial charge in [-0.1, -0.05) is 12.1 Å². The Hall–Kier alpha value is -1.07. The summed E-state index contributed by atoms with van der Waals surface area (Å²) in [5, 5.41) is 3.02. The van der Waals surface area contributed by atoms with E-state index in [-0.39, 0.29) is 36.1 Å². The fourth-order valence-corrected chi connectivity index (χ4v) is 2.74. The Morgan fingerprint density at radius 3 is 2.31 bits per heavy atom. The van der Waals surface area contributed by atoms with Crippen LogP contribution >= 0.6 is 24.0 Å². The molecular weight excluding hydrogens is 460 g/mol. The quantitative estimate of drug-likeness (QED) is 0.382. The molecule has 1 aliphatic heterocycles. The van der Waals surface area contributed by atoms with Crippen LogP contribution in [0, 0.1) is 0 Å². The van der Waals surface area contributed by atoms with Gasteiger partial charge in [-0.2, -0.15) is 13.2 Å². The number of nitrogens with zero attached hydrogens (tertiary/aromatic N) is 2. The van der Waals surface area contributed by atoms with Crippen molar-refractivity contribution in [1.82, 2.24) is 10.2 Å². The van der Waals surface area contributed by atoms with Crippen molar-refractivity contribution in [2.45, 2.75) is 32.1 Å². The van der Waals surface area contributed by atoms with Crippen LogP contribution in [0.2, 0.25) is 0 Å². The van der Waals surface area contributed by atoms with E-state index in [1.807, 2.05) is 13.8 Å². The summed E-state index contributed by atoms with van der Waals surface area (Å²) < 4.78 is 43.7. The first-order valence-corrected chi connectivity index (χ1v) is 8.33. The Kier molecular flexibility index (Phi) is 9.11. The summed E-state index contributed by atoms with van der Waals surface area (Å²) in [6.07, 6.45) is -4.34. The molecule has 1 atom stereocenters. The lowest BCUT2D eigenvalue weighted by atomic mass is 10.0. The van der Waals surface area contributed by atoms with Gasteiger partial charge in [-0.15, -0.1) is 24.0 Å². The van der Waals surface area contributed by atoms with Crippen molar-refractivity contribution in [3.63, 3.8) is 0 Å². The fourth-order valence-electron chi connectivity index (χ4n) is 2.74. The number of nitrogens with one attached hydrogen (secondary N) is 1. The van der Waals surface area contributed by atoms with Gasteiger partial charge in [0.2, 0.25) is 0 Å². The van der Waals surface area contributed by atoms with Crippen molar-refractivity contribution < 1.29 is 17.9 Å². The number of morpholine rings is 1. The molecule has 1 fully saturated rings. The molecule has 0 aliphatic carbocycles. The second-order valence-corrected chi connectivity index (χ2v) is 6.31. The van der Waals surface area contributed by atoms with Crippen molar-refractivity contribution in [1.29, 1.82) is 0 Å². The van der Waals surface area contributed by atoms with E-state index in [1.54, 1.807) is 0 Å². The molecule has 0 radical (unpaired) electrons. The topological polar surface area (TPSA) is 62.9 Å². The SMILES string of the molecule is CC(C)NC(N)=NCC(c1ccc(C(F)(F)F)cc1)N1CCOCC1.I. The summed E-state index contributed by atoms with van der Waals surface area (Å²) in [4.78, 5) is 6.53. The van der Waals surface area contributed by atoms with E-state index in [1.165, 1.54) is 12.1 Å². The van der Waals surface area contributed by atoms with E-state index in [4.69, 9.17) is 10.5 Å². The number of alkyl halides is 3. The van der Waals surface area contributed by atoms with Gasteiger partial charge in [-0.05, 0) is 31.5 Å². The predicted molar refractivity (Wildman–Crippen MR) is 107 cm³/mol. The molecule has 1 aromatic rings. The molecule has 1 unspecified atom stereocenters. The van der Waals surface area contributed by atoms with E-state index in [0.717, 1.165) is 17.7 Å². The number of halogens is 4. The minimum atomic E-state index is -4.34. The van der Waals surface area contributed by atoms with Crippen LogP contribution in [0.5, 0.6) is 0 Å². The van der Waals surface area contributed by atoms with Gasteiger partial charge < -0.3 is 15.8 Å². The largest absolute Gasteiger partial charge is 0.416 e. The first kappa shape index (κ1) is 23.0. The molecule has 1 aliphatic rings. The number of rotatable bonds is 5. The van der Waals surface area contributed by atoms with E-state index < -0.39 is 11.7 Å². The number of hydrogen-bond acceptors (Lipinski definition) is 3. The normalized spacial score (nSPS) is 17.7. The zero-order chi connectivity index (χ0) is 18.4. The summed E-state index contributed by atoms with van der Waals surface area (Å²) in [6, 6.07) is 5.29. The number of aliphatic imine (C=N–C) groups is 1. The Bertz CT molecular complexity index is 572. The van der Waals surface area contributed by atoms with Gasteiger partial charge >= 0.3 is 6.18 Å². The van der Waals surface area contributed by atoms with Crippen LogP contribution in [0.4, 0.5) is 13.2 Å². The molecule has 0 spiro atoms. The number of nitrogens with two attached hydrogens (primary N) is 1. The Labute approximate surface area is 169 Å². The first-order chi connectivity index (χ1) is 11.8. The second-order valence-electron chi connectivity index (χ2n) is 6.31. The van der Waals surface area contributed by atoms with Crippen LogP contribution in [0.25, 0.3) is 0 Å². The van der Waals surface area contributed by atoms with Gasteiger partial charge in [0.05, 0.1) is 31.4 Å². The van der Waals surface area contributed by atoms with Crippen LogP contribution < -0.4 is 11.1 Å². The maximum Gasteiger partial charge on any atom is 0.416 e. The van der Waals surface area contributed by atoms with Gasteiger partial charge in [0.25, 0.3) is 0 Å². The Morgan fingerprint density at radius 2 is 1.81 bits per heavy atom. The molecule has 0 saturated carbocycles. The van der Waals surface area contributed by atoms with Gasteiger partial charge in [-0.3, -0.25) is 9.89 Å². The molecule has 9 heteroatoms. The molecule has 2 rings (SSSR count). The van der Waals surface area contributed by atoms with Gasteiger partial charge in [0.15, 0.2) is 5.96 Å². The molecule has 1 aromatic carbocycles. The maximum atomic E-state index is 12.8. The smallest absolute Gasteiger partial charge is 0.379 e. The van der Waals surface area contributed by atoms with Crippen molar-refractivity contribution in [2.75, 3.05) is 32.8 Å². The predicted octanol–water partition coefficient (Wildman–Crippen LogP) is 3.01. The van der Waals surface area contributed by atoms with E-state index in [0.29, 0.717) is 38.8 Å². The molecule has 148 valence electrons. The molecule has 1 heterocycles. The summed E-state index contributed by atoms with van der Waals surface area (Å²) in [5.41, 5.74) is 6.00. The number of guanidine groups is 1. The summed E-state index contributed by atoms with van der Waals surface area (Å²) in [5.74, 6) is 0.333. The molecule has 0 bridgehead atoms. The van der Waals surface area contributed by atoms with Crippen molar-refractivity contribution in [3.05, 3.63) is 35.4 Å². The number of hydrogen-bond donors (Lipinski definition) is 2. The zero-order valence-corrected chi connectivity index (χ0v) is 17.3. The summed E-state index contributed by atoms with van der Waals surface area (Å²) in [7, 11) is 0. The van der Waals surface area contributed by atoms with Crippen molar-refractivity contribution in [2.24, 2.45) is 10.7 Å².